The molecule has 1 fully saturated rings. The molecule has 0 aliphatic heterocycles. The minimum Gasteiger partial charge on any atom is -0.462 e. The molecule has 1 aromatic heterocycles. The maximum atomic E-state index is 13.8. The number of nitrogens with one attached hydrogen (secondary N) is 2. The van der Waals surface area contributed by atoms with Crippen molar-refractivity contribution in [3.8, 4) is 11.3 Å². The highest BCUT2D eigenvalue weighted by molar-refractivity contribution is 6.08. The molecule has 1 aliphatic carbocycles. The summed E-state index contributed by atoms with van der Waals surface area (Å²) < 4.78 is 5.69. The fraction of sp³-hybridized carbons (Fsp3) is 0.471. The van der Waals surface area contributed by atoms with Crippen LogP contribution in [0.25, 0.3) is 22.2 Å². The second-order valence-corrected chi connectivity index (χ2v) is 12.4. The van der Waals surface area contributed by atoms with Gasteiger partial charge in [-0.25, -0.2) is 4.98 Å². The normalized spacial score (nSPS) is 14.9. The highest BCUT2D eigenvalue weighted by Gasteiger charge is 2.27. The molecule has 1 saturated carbocycles. The molecule has 4 rings (SSSR count). The lowest BCUT2D eigenvalue weighted by atomic mass is 9.92. The number of esters is 1. The van der Waals surface area contributed by atoms with Crippen LogP contribution in [0.5, 0.6) is 0 Å². The van der Waals surface area contributed by atoms with Gasteiger partial charge in [0.25, 0.3) is 5.91 Å². The molecule has 0 bridgehead atoms. The first-order valence-corrected chi connectivity index (χ1v) is 15.0. The number of rotatable bonds is 12. The average Bonchev–Trinajstić information content (AvgIpc) is 2.97. The number of aromatic nitrogens is 1. The third kappa shape index (κ3) is 8.86. The molecular weight excluding hydrogens is 528 g/mol. The molecule has 224 valence electrons. The predicted molar refractivity (Wildman–Crippen MR) is 166 cm³/mol. The Morgan fingerprint density at radius 3 is 2.40 bits per heavy atom. The van der Waals surface area contributed by atoms with Crippen LogP contribution in [0.2, 0.25) is 0 Å². The molecule has 0 radical (unpaired) electrons. The van der Waals surface area contributed by atoms with Crippen LogP contribution in [0.15, 0.2) is 60.7 Å². The van der Waals surface area contributed by atoms with E-state index >= 15 is 0 Å². The fourth-order valence-corrected chi connectivity index (χ4v) is 5.68. The van der Waals surface area contributed by atoms with Crippen molar-refractivity contribution in [3.63, 3.8) is 0 Å². The van der Waals surface area contributed by atoms with Crippen LogP contribution < -0.4 is 10.6 Å². The summed E-state index contributed by atoms with van der Waals surface area (Å²) in [5.41, 5.74) is 2.49. The van der Waals surface area contributed by atoms with Gasteiger partial charge >= 0.3 is 5.97 Å². The number of benzene rings is 2. The van der Waals surface area contributed by atoms with E-state index in [1.54, 1.807) is 6.07 Å². The first kappa shape index (κ1) is 31.2. The Balaban J connectivity index is 1.54. The first-order chi connectivity index (χ1) is 20.1. The van der Waals surface area contributed by atoms with Gasteiger partial charge in [-0.3, -0.25) is 14.4 Å². The number of hydrogen-bond acceptors (Lipinski definition) is 6. The number of carbonyl (C=O) groups excluding carboxylic acids is 3. The van der Waals surface area contributed by atoms with Crippen molar-refractivity contribution in [1.82, 2.24) is 20.5 Å². The average molecular weight is 573 g/mol. The number of nitrogens with zero attached hydrogens (tertiary/aromatic N) is 2. The maximum absolute atomic E-state index is 13.8. The third-order valence-electron chi connectivity index (χ3n) is 7.63. The quantitative estimate of drug-likeness (QED) is 0.284. The van der Waals surface area contributed by atoms with Crippen molar-refractivity contribution in [2.75, 3.05) is 27.2 Å². The molecule has 1 atom stereocenters. The van der Waals surface area contributed by atoms with Crippen LogP contribution in [-0.2, 0) is 14.3 Å². The van der Waals surface area contributed by atoms with Crippen LogP contribution in [0.1, 0.15) is 69.2 Å². The topological polar surface area (TPSA) is 101 Å². The maximum Gasteiger partial charge on any atom is 0.306 e. The number of hydrogen-bond donors (Lipinski definition) is 2. The highest BCUT2D eigenvalue weighted by Crippen LogP contribution is 2.25. The summed E-state index contributed by atoms with van der Waals surface area (Å²) in [6.45, 7) is 5.37. The van der Waals surface area contributed by atoms with E-state index in [4.69, 9.17) is 9.72 Å². The number of fused-ring (bicyclic) bond motifs is 1. The smallest absolute Gasteiger partial charge is 0.306 e. The van der Waals surface area contributed by atoms with Gasteiger partial charge in [-0.15, -0.1) is 0 Å². The minimum absolute atomic E-state index is 0.0440. The molecule has 2 N–H and O–H groups in total. The van der Waals surface area contributed by atoms with Crippen molar-refractivity contribution < 1.29 is 19.1 Å². The molecule has 42 heavy (non-hydrogen) atoms. The lowest BCUT2D eigenvalue weighted by Gasteiger charge is -2.29. The zero-order valence-electron chi connectivity index (χ0n) is 25.3. The summed E-state index contributed by atoms with van der Waals surface area (Å²) in [6, 6.07) is 18.0. The molecule has 1 heterocycles. The summed E-state index contributed by atoms with van der Waals surface area (Å²) in [7, 11) is 3.99. The molecule has 0 spiro atoms. The monoisotopic (exact) mass is 572 g/mol. The van der Waals surface area contributed by atoms with E-state index in [9.17, 15) is 14.4 Å². The zero-order chi connectivity index (χ0) is 30.1. The van der Waals surface area contributed by atoms with Crippen LogP contribution in [0, 0.1) is 5.41 Å². The second-order valence-electron chi connectivity index (χ2n) is 12.4. The van der Waals surface area contributed by atoms with Gasteiger partial charge in [0, 0.05) is 30.5 Å². The Bertz CT molecular complexity index is 1370. The van der Waals surface area contributed by atoms with Crippen LogP contribution >= 0.6 is 0 Å². The molecular formula is C34H44N4O4. The number of carbonyl (C=O) groups is 3. The third-order valence-corrected chi connectivity index (χ3v) is 7.63. The van der Waals surface area contributed by atoms with E-state index in [-0.39, 0.29) is 42.1 Å². The van der Waals surface area contributed by atoms with Crippen molar-refractivity contribution >= 4 is 28.7 Å². The van der Waals surface area contributed by atoms with E-state index in [0.29, 0.717) is 28.7 Å². The lowest BCUT2D eigenvalue weighted by Crippen LogP contribution is -2.50. The van der Waals surface area contributed by atoms with Crippen molar-refractivity contribution in [2.24, 2.45) is 5.41 Å². The SMILES string of the molecule is CN(C)CC(C)(C)CNC(=O)C(CCC(=O)OC1CCCCC1)NC(=O)c1cc(-c2ccccc2)nc2ccccc12. The second kappa shape index (κ2) is 14.4. The van der Waals surface area contributed by atoms with Crippen molar-refractivity contribution in [3.05, 3.63) is 66.2 Å². The molecule has 8 heteroatoms. The summed E-state index contributed by atoms with van der Waals surface area (Å²) >= 11 is 0. The summed E-state index contributed by atoms with van der Waals surface area (Å²) in [5.74, 6) is -1.04. The Morgan fingerprint density at radius 2 is 1.69 bits per heavy atom. The fourth-order valence-electron chi connectivity index (χ4n) is 5.68. The Kier molecular flexibility index (Phi) is 10.7. The van der Waals surface area contributed by atoms with E-state index < -0.39 is 6.04 Å². The van der Waals surface area contributed by atoms with Gasteiger partial charge in [0.05, 0.1) is 16.8 Å². The number of para-hydroxylation sites is 1. The van der Waals surface area contributed by atoms with E-state index in [2.05, 4.69) is 29.4 Å². The Morgan fingerprint density at radius 1 is 1.00 bits per heavy atom. The van der Waals surface area contributed by atoms with Gasteiger partial charge in [0.15, 0.2) is 0 Å². The van der Waals surface area contributed by atoms with Gasteiger partial charge < -0.3 is 20.3 Å². The summed E-state index contributed by atoms with van der Waals surface area (Å²) in [5, 5.41) is 6.66. The van der Waals surface area contributed by atoms with E-state index in [1.165, 1.54) is 6.42 Å². The van der Waals surface area contributed by atoms with Gasteiger partial charge in [0.2, 0.25) is 5.91 Å². The number of ether oxygens (including phenoxy) is 1. The molecule has 8 nitrogen and oxygen atoms in total. The van der Waals surface area contributed by atoms with E-state index in [0.717, 1.165) is 37.8 Å². The largest absolute Gasteiger partial charge is 0.462 e. The number of pyridine rings is 1. The zero-order valence-corrected chi connectivity index (χ0v) is 25.3. The van der Waals surface area contributed by atoms with Gasteiger partial charge in [-0.1, -0.05) is 68.8 Å². The van der Waals surface area contributed by atoms with Crippen molar-refractivity contribution in [2.45, 2.75) is 70.9 Å². The molecule has 0 saturated heterocycles. The van der Waals surface area contributed by atoms with Crippen molar-refractivity contribution in [1.29, 1.82) is 0 Å². The molecule has 1 unspecified atom stereocenters. The Labute approximate surface area is 249 Å². The van der Waals surface area contributed by atoms with E-state index in [1.807, 2.05) is 68.7 Å². The molecule has 1 aliphatic rings. The lowest BCUT2D eigenvalue weighted by molar-refractivity contribution is -0.150. The van der Waals surface area contributed by atoms with Crippen LogP contribution in [0.3, 0.4) is 0 Å². The Hall–Kier alpha value is -3.78. The highest BCUT2D eigenvalue weighted by atomic mass is 16.5. The summed E-state index contributed by atoms with van der Waals surface area (Å²) in [6.07, 6.45) is 5.19. The predicted octanol–water partition coefficient (Wildman–Crippen LogP) is 5.36. The van der Waals surface area contributed by atoms with Gasteiger partial charge in [0.1, 0.15) is 12.1 Å². The number of amides is 2. The molecule has 2 amide bonds. The van der Waals surface area contributed by atoms with Crippen LogP contribution in [-0.4, -0.2) is 67.0 Å². The molecule has 3 aromatic rings. The standard InChI is InChI=1S/C34H44N4O4/c1-34(2,23-38(3)4)22-35-33(41)29(19-20-31(39)42-25-15-9-6-10-16-25)37-32(40)27-21-30(24-13-7-5-8-14-24)36-28-18-12-11-17-26(27)28/h5,7-8,11-14,17-18,21,25,29H,6,9-10,15-16,19-20,22-23H2,1-4H3,(H,35,41)(H,37,40). The minimum atomic E-state index is -0.904. The first-order valence-electron chi connectivity index (χ1n) is 15.0. The van der Waals surface area contributed by atoms with Gasteiger partial charge in [-0.05, 0) is 63.7 Å². The van der Waals surface area contributed by atoms with Crippen LogP contribution in [0.4, 0.5) is 0 Å². The van der Waals surface area contributed by atoms with Gasteiger partial charge in [-0.2, -0.15) is 0 Å². The summed E-state index contributed by atoms with van der Waals surface area (Å²) in [4.78, 5) is 46.9. The molecule has 2 aromatic carbocycles.